The van der Waals surface area contributed by atoms with E-state index in [1.807, 2.05) is 6.92 Å². The predicted molar refractivity (Wildman–Crippen MR) is 53.9 cm³/mol. The number of aliphatic carboxylic acids is 2. The van der Waals surface area contributed by atoms with E-state index in [0.717, 1.165) is 0 Å². The Labute approximate surface area is 113 Å². The first kappa shape index (κ1) is 14.2. The van der Waals surface area contributed by atoms with E-state index in [0.29, 0.717) is 18.8 Å². The van der Waals surface area contributed by atoms with Crippen LogP contribution in [0.15, 0.2) is 0 Å². The number of rotatable bonds is 2. The molecule has 0 aromatic carbocycles. The zero-order valence-electron chi connectivity index (χ0n) is 7.62. The minimum absolute atomic E-state index is 0. The standard InChI is InChI=1S/C9H14O4.Ca.2H/c1-6-2-4-9(5-3-6,7(10)11)8(12)13;;;/h6H,2-5H2,1H3,(H,10,11)(H,12,13);;;. The second kappa shape index (κ2) is 5.33. The molecule has 1 rings (SSSR count). The van der Waals surface area contributed by atoms with Gasteiger partial charge in [-0.1, -0.05) is 6.92 Å². The summed E-state index contributed by atoms with van der Waals surface area (Å²) in [6.45, 7) is 2.02. The van der Waals surface area contributed by atoms with Crippen molar-refractivity contribution in [1.29, 1.82) is 0 Å². The molecule has 0 saturated heterocycles. The van der Waals surface area contributed by atoms with Crippen molar-refractivity contribution in [3.63, 3.8) is 0 Å². The first-order valence-electron chi connectivity index (χ1n) is 4.46. The summed E-state index contributed by atoms with van der Waals surface area (Å²) in [5.41, 5.74) is -1.51. The van der Waals surface area contributed by atoms with Gasteiger partial charge in [0.2, 0.25) is 0 Å². The van der Waals surface area contributed by atoms with Crippen LogP contribution in [0, 0.1) is 11.3 Å². The van der Waals surface area contributed by atoms with Crippen LogP contribution in [0.3, 0.4) is 0 Å². The molecule has 0 aromatic heterocycles. The normalized spacial score (nSPS) is 20.9. The van der Waals surface area contributed by atoms with Crippen molar-refractivity contribution in [3.8, 4) is 0 Å². The number of hydrogen-bond donors (Lipinski definition) is 2. The predicted octanol–water partition coefficient (Wildman–Crippen LogP) is 0.436. The average molecular weight is 228 g/mol. The van der Waals surface area contributed by atoms with E-state index < -0.39 is 17.4 Å². The molecule has 0 bridgehead atoms. The van der Waals surface area contributed by atoms with Crippen LogP contribution in [-0.2, 0) is 9.59 Å². The van der Waals surface area contributed by atoms with Crippen molar-refractivity contribution in [1.82, 2.24) is 0 Å². The Morgan fingerprint density at radius 1 is 1.14 bits per heavy atom. The molecule has 0 radical (unpaired) electrons. The van der Waals surface area contributed by atoms with Gasteiger partial charge in [-0.2, -0.15) is 0 Å². The van der Waals surface area contributed by atoms with Crippen LogP contribution in [0.1, 0.15) is 32.6 Å². The summed E-state index contributed by atoms with van der Waals surface area (Å²) in [6, 6.07) is 0. The summed E-state index contributed by atoms with van der Waals surface area (Å²) in [7, 11) is 0. The summed E-state index contributed by atoms with van der Waals surface area (Å²) in [5, 5.41) is 17.7. The summed E-state index contributed by atoms with van der Waals surface area (Å²) in [6.07, 6.45) is 1.91. The molecule has 5 heteroatoms. The molecule has 0 aromatic rings. The fourth-order valence-corrected chi connectivity index (χ4v) is 1.77. The second-order valence-corrected chi connectivity index (χ2v) is 3.87. The van der Waals surface area contributed by atoms with Gasteiger partial charge in [-0.05, 0) is 31.6 Å². The third kappa shape index (κ3) is 2.61. The van der Waals surface area contributed by atoms with E-state index in [1.165, 1.54) is 0 Å². The SMILES string of the molecule is CC1CCC(C(=O)O)(C(=O)O)CC1.[CaH2]. The molecule has 0 unspecified atom stereocenters. The van der Waals surface area contributed by atoms with E-state index in [-0.39, 0.29) is 50.6 Å². The van der Waals surface area contributed by atoms with Crippen LogP contribution in [0.25, 0.3) is 0 Å². The summed E-state index contributed by atoms with van der Waals surface area (Å²) < 4.78 is 0. The van der Waals surface area contributed by atoms with E-state index in [2.05, 4.69) is 0 Å². The van der Waals surface area contributed by atoms with Crippen molar-refractivity contribution < 1.29 is 19.8 Å². The molecule has 2 N–H and O–H groups in total. The van der Waals surface area contributed by atoms with Crippen molar-refractivity contribution in [2.45, 2.75) is 32.6 Å². The van der Waals surface area contributed by atoms with Crippen LogP contribution >= 0.6 is 0 Å². The fourth-order valence-electron chi connectivity index (χ4n) is 1.77. The van der Waals surface area contributed by atoms with Gasteiger partial charge in [0.05, 0.1) is 0 Å². The van der Waals surface area contributed by atoms with Gasteiger partial charge in [0, 0.05) is 0 Å². The minimum atomic E-state index is -1.51. The van der Waals surface area contributed by atoms with Crippen LogP contribution in [-0.4, -0.2) is 59.9 Å². The van der Waals surface area contributed by atoms with Gasteiger partial charge in [0.1, 0.15) is 0 Å². The topological polar surface area (TPSA) is 74.6 Å². The third-order valence-corrected chi connectivity index (χ3v) is 2.95. The van der Waals surface area contributed by atoms with Crippen molar-refractivity contribution in [2.75, 3.05) is 0 Å². The summed E-state index contributed by atoms with van der Waals surface area (Å²) >= 11 is 0. The molecule has 0 heterocycles. The maximum atomic E-state index is 10.8. The van der Waals surface area contributed by atoms with Gasteiger partial charge in [0.15, 0.2) is 5.41 Å². The number of carboxylic acid groups (broad SMARTS) is 2. The summed E-state index contributed by atoms with van der Waals surface area (Å²) in [5.74, 6) is -1.93. The van der Waals surface area contributed by atoms with E-state index in [1.54, 1.807) is 0 Å². The zero-order valence-corrected chi connectivity index (χ0v) is 7.62. The molecule has 0 aliphatic heterocycles. The van der Waals surface area contributed by atoms with Crippen LogP contribution < -0.4 is 0 Å². The van der Waals surface area contributed by atoms with Crippen LogP contribution in [0.5, 0.6) is 0 Å². The molecule has 0 spiro atoms. The first-order valence-corrected chi connectivity index (χ1v) is 4.46. The van der Waals surface area contributed by atoms with Gasteiger partial charge in [-0.15, -0.1) is 0 Å². The van der Waals surface area contributed by atoms with Gasteiger partial charge in [-0.3, -0.25) is 9.59 Å². The molecular formula is C9H16CaO4. The Balaban J connectivity index is 0.00000169. The van der Waals surface area contributed by atoms with Crippen molar-refractivity contribution >= 4 is 49.7 Å². The quantitative estimate of drug-likeness (QED) is 0.531. The van der Waals surface area contributed by atoms with E-state index in [4.69, 9.17) is 10.2 Å². The fraction of sp³-hybridized carbons (Fsp3) is 0.778. The van der Waals surface area contributed by atoms with E-state index in [9.17, 15) is 9.59 Å². The molecule has 14 heavy (non-hydrogen) atoms. The molecule has 1 saturated carbocycles. The average Bonchev–Trinajstić information content (AvgIpc) is 2.04. The Morgan fingerprint density at radius 2 is 1.50 bits per heavy atom. The maximum absolute atomic E-state index is 10.8. The Hall–Kier alpha value is 0.200. The van der Waals surface area contributed by atoms with Gasteiger partial charge >= 0.3 is 49.7 Å². The first-order chi connectivity index (χ1) is 5.99. The zero-order chi connectivity index (χ0) is 10.1. The Kier molecular flexibility index (Phi) is 5.41. The molecule has 1 aliphatic carbocycles. The van der Waals surface area contributed by atoms with Crippen molar-refractivity contribution in [2.24, 2.45) is 11.3 Å². The molecule has 0 atom stereocenters. The van der Waals surface area contributed by atoms with Crippen LogP contribution in [0.2, 0.25) is 0 Å². The number of carbonyl (C=O) groups is 2. The number of carboxylic acids is 2. The Morgan fingerprint density at radius 3 is 1.79 bits per heavy atom. The van der Waals surface area contributed by atoms with Gasteiger partial charge < -0.3 is 10.2 Å². The molecule has 1 fully saturated rings. The molecule has 1 aliphatic rings. The van der Waals surface area contributed by atoms with E-state index >= 15 is 0 Å². The molecule has 0 amide bonds. The monoisotopic (exact) mass is 228 g/mol. The summed E-state index contributed by atoms with van der Waals surface area (Å²) in [4.78, 5) is 21.7. The van der Waals surface area contributed by atoms with Gasteiger partial charge in [-0.25, -0.2) is 0 Å². The molecular weight excluding hydrogens is 212 g/mol. The molecule has 4 nitrogen and oxygen atoms in total. The van der Waals surface area contributed by atoms with Gasteiger partial charge in [0.25, 0.3) is 0 Å². The Bertz CT molecular complexity index is 215. The number of hydrogen-bond acceptors (Lipinski definition) is 2. The molecule has 78 valence electrons. The van der Waals surface area contributed by atoms with Crippen LogP contribution in [0.4, 0.5) is 0 Å². The van der Waals surface area contributed by atoms with Crippen molar-refractivity contribution in [3.05, 3.63) is 0 Å². The second-order valence-electron chi connectivity index (χ2n) is 3.87. The third-order valence-electron chi connectivity index (χ3n) is 2.95.